The topological polar surface area (TPSA) is 123 Å². The standard InChI is InChI=1S/C20H19FN6O3/c21-15-7-6-13(27-9-8-22-20(27)30)11-14(15)18(28)23-16(17-24-19(29)26-25-17)10-12-4-2-1-3-5-12/h1-7,11,16H,8-10H2,(H,22,30)(H,23,28)(H2,24,25,26,29). The van der Waals surface area contributed by atoms with Crippen molar-refractivity contribution in [2.45, 2.75) is 12.5 Å². The number of urea groups is 1. The monoisotopic (exact) mass is 410 g/mol. The van der Waals surface area contributed by atoms with Crippen LogP contribution in [0.15, 0.2) is 53.3 Å². The van der Waals surface area contributed by atoms with Gasteiger partial charge in [0.15, 0.2) is 5.82 Å². The van der Waals surface area contributed by atoms with Crippen molar-refractivity contribution in [3.05, 3.63) is 81.8 Å². The zero-order valence-corrected chi connectivity index (χ0v) is 15.8. The van der Waals surface area contributed by atoms with E-state index in [1.807, 2.05) is 30.3 Å². The Hall–Kier alpha value is -3.95. The molecule has 1 atom stereocenters. The van der Waals surface area contributed by atoms with Crippen LogP contribution in [0.25, 0.3) is 0 Å². The number of carbonyl (C=O) groups is 2. The SMILES string of the molecule is O=C(NC(Cc1ccccc1)c1n[nH]c(=O)[nH]1)c1cc(N2CCNC2=O)ccc1F. The number of halogens is 1. The summed E-state index contributed by atoms with van der Waals surface area (Å²) in [7, 11) is 0. The lowest BCUT2D eigenvalue weighted by Gasteiger charge is -2.18. The number of aromatic amines is 2. The Morgan fingerprint density at radius 3 is 2.67 bits per heavy atom. The number of aromatic nitrogens is 3. The molecule has 30 heavy (non-hydrogen) atoms. The predicted octanol–water partition coefficient (Wildman–Crippen LogP) is 1.48. The van der Waals surface area contributed by atoms with Crippen LogP contribution in [0.5, 0.6) is 0 Å². The smallest absolute Gasteiger partial charge is 0.340 e. The third-order valence-electron chi connectivity index (χ3n) is 4.80. The van der Waals surface area contributed by atoms with Crippen molar-refractivity contribution in [1.29, 1.82) is 0 Å². The van der Waals surface area contributed by atoms with Crippen LogP contribution in [0.4, 0.5) is 14.9 Å². The fraction of sp³-hybridized carbons (Fsp3) is 0.200. The van der Waals surface area contributed by atoms with Gasteiger partial charge in [-0.05, 0) is 30.2 Å². The third kappa shape index (κ3) is 4.07. The predicted molar refractivity (Wildman–Crippen MR) is 107 cm³/mol. The van der Waals surface area contributed by atoms with E-state index in [1.165, 1.54) is 17.0 Å². The van der Waals surface area contributed by atoms with E-state index in [4.69, 9.17) is 0 Å². The summed E-state index contributed by atoms with van der Waals surface area (Å²) in [4.78, 5) is 40.2. The molecule has 1 aliphatic rings. The second-order valence-electron chi connectivity index (χ2n) is 6.83. The van der Waals surface area contributed by atoms with E-state index in [2.05, 4.69) is 25.8 Å². The van der Waals surface area contributed by atoms with Crippen LogP contribution in [-0.4, -0.2) is 40.2 Å². The Kier molecular flexibility index (Phi) is 5.29. The number of amides is 3. The first-order valence-electron chi connectivity index (χ1n) is 9.35. The molecular weight excluding hydrogens is 391 g/mol. The molecule has 0 saturated carbocycles. The third-order valence-corrected chi connectivity index (χ3v) is 4.80. The number of nitrogens with one attached hydrogen (secondary N) is 4. The van der Waals surface area contributed by atoms with E-state index in [1.54, 1.807) is 0 Å². The molecule has 2 aromatic carbocycles. The number of carbonyl (C=O) groups excluding carboxylic acids is 2. The van der Waals surface area contributed by atoms with Crippen LogP contribution < -0.4 is 21.2 Å². The summed E-state index contributed by atoms with van der Waals surface area (Å²) in [6.07, 6.45) is 0.337. The normalized spacial score (nSPS) is 14.4. The minimum absolute atomic E-state index is 0.205. The molecule has 10 heteroatoms. The second kappa shape index (κ2) is 8.19. The number of H-pyrrole nitrogens is 2. The molecule has 154 valence electrons. The second-order valence-corrected chi connectivity index (χ2v) is 6.83. The first-order valence-corrected chi connectivity index (χ1v) is 9.35. The molecule has 3 aromatic rings. The molecule has 4 rings (SSSR count). The Labute approximate surface area is 170 Å². The molecule has 1 aromatic heterocycles. The summed E-state index contributed by atoms with van der Waals surface area (Å²) >= 11 is 0. The van der Waals surface area contributed by atoms with E-state index in [9.17, 15) is 18.8 Å². The number of anilines is 1. The Morgan fingerprint density at radius 1 is 1.20 bits per heavy atom. The van der Waals surface area contributed by atoms with Crippen molar-refractivity contribution in [2.75, 3.05) is 18.0 Å². The van der Waals surface area contributed by atoms with Crippen molar-refractivity contribution in [2.24, 2.45) is 0 Å². The molecule has 4 N–H and O–H groups in total. The van der Waals surface area contributed by atoms with E-state index in [0.717, 1.165) is 11.6 Å². The maximum Gasteiger partial charge on any atom is 0.340 e. The number of hydrogen-bond donors (Lipinski definition) is 4. The largest absolute Gasteiger partial charge is 0.342 e. The lowest BCUT2D eigenvalue weighted by atomic mass is 10.0. The highest BCUT2D eigenvalue weighted by molar-refractivity contribution is 5.98. The van der Waals surface area contributed by atoms with Gasteiger partial charge in [-0.3, -0.25) is 14.7 Å². The van der Waals surface area contributed by atoms with E-state index >= 15 is 0 Å². The van der Waals surface area contributed by atoms with Gasteiger partial charge in [0.2, 0.25) is 0 Å². The highest BCUT2D eigenvalue weighted by atomic mass is 19.1. The van der Waals surface area contributed by atoms with Crippen LogP contribution in [0.3, 0.4) is 0 Å². The number of rotatable bonds is 6. The Balaban J connectivity index is 1.60. The molecule has 0 bridgehead atoms. The average molecular weight is 410 g/mol. The summed E-state index contributed by atoms with van der Waals surface area (Å²) in [6, 6.07) is 12.3. The van der Waals surface area contributed by atoms with Crippen molar-refractivity contribution in [1.82, 2.24) is 25.8 Å². The van der Waals surface area contributed by atoms with Gasteiger partial charge in [-0.1, -0.05) is 30.3 Å². The van der Waals surface area contributed by atoms with Crippen LogP contribution >= 0.6 is 0 Å². The molecule has 0 radical (unpaired) electrons. The molecule has 3 amide bonds. The van der Waals surface area contributed by atoms with Gasteiger partial charge in [-0.25, -0.2) is 19.1 Å². The van der Waals surface area contributed by atoms with Crippen LogP contribution in [-0.2, 0) is 6.42 Å². The van der Waals surface area contributed by atoms with E-state index in [-0.39, 0.29) is 17.4 Å². The van der Waals surface area contributed by atoms with Gasteiger partial charge in [-0.15, -0.1) is 0 Å². The minimum Gasteiger partial charge on any atom is -0.342 e. The van der Waals surface area contributed by atoms with Gasteiger partial charge in [0.1, 0.15) is 5.82 Å². The summed E-state index contributed by atoms with van der Waals surface area (Å²) < 4.78 is 14.4. The molecule has 1 unspecified atom stereocenters. The van der Waals surface area contributed by atoms with Gasteiger partial charge in [0, 0.05) is 18.8 Å². The molecule has 0 spiro atoms. The summed E-state index contributed by atoms with van der Waals surface area (Å²) in [6.45, 7) is 0.903. The van der Waals surface area contributed by atoms with E-state index < -0.39 is 23.5 Å². The molecule has 1 aliphatic heterocycles. The summed E-state index contributed by atoms with van der Waals surface area (Å²) in [5, 5.41) is 11.6. The van der Waals surface area contributed by atoms with Gasteiger partial charge in [0.05, 0.1) is 11.6 Å². The lowest BCUT2D eigenvalue weighted by molar-refractivity contribution is 0.0930. The number of benzene rings is 2. The van der Waals surface area contributed by atoms with Crippen molar-refractivity contribution in [3.8, 4) is 0 Å². The van der Waals surface area contributed by atoms with Crippen LogP contribution in [0, 0.1) is 5.82 Å². The number of hydrogen-bond acceptors (Lipinski definition) is 4. The highest BCUT2D eigenvalue weighted by Gasteiger charge is 2.25. The van der Waals surface area contributed by atoms with Crippen LogP contribution in [0.2, 0.25) is 0 Å². The van der Waals surface area contributed by atoms with Gasteiger partial charge in [-0.2, -0.15) is 5.10 Å². The Bertz CT molecular complexity index is 1130. The zero-order chi connectivity index (χ0) is 21.1. The summed E-state index contributed by atoms with van der Waals surface area (Å²) in [5.74, 6) is -1.17. The first-order chi connectivity index (χ1) is 14.5. The first kappa shape index (κ1) is 19.4. The fourth-order valence-corrected chi connectivity index (χ4v) is 3.32. The molecule has 1 saturated heterocycles. The summed E-state index contributed by atoms with van der Waals surface area (Å²) in [5.41, 5.74) is 0.604. The van der Waals surface area contributed by atoms with E-state index in [0.29, 0.717) is 25.2 Å². The highest BCUT2D eigenvalue weighted by Crippen LogP contribution is 2.22. The lowest BCUT2D eigenvalue weighted by Crippen LogP contribution is -2.32. The molecule has 9 nitrogen and oxygen atoms in total. The minimum atomic E-state index is -0.718. The molecular formula is C20H19FN6O3. The average Bonchev–Trinajstić information content (AvgIpc) is 3.37. The van der Waals surface area contributed by atoms with Gasteiger partial charge < -0.3 is 10.6 Å². The molecule has 2 heterocycles. The Morgan fingerprint density at radius 2 is 2.00 bits per heavy atom. The number of nitrogens with zero attached hydrogens (tertiary/aromatic N) is 2. The van der Waals surface area contributed by atoms with Crippen molar-refractivity contribution < 1.29 is 14.0 Å². The maximum absolute atomic E-state index is 14.4. The van der Waals surface area contributed by atoms with Crippen molar-refractivity contribution >= 4 is 17.6 Å². The molecule has 1 fully saturated rings. The quantitative estimate of drug-likeness (QED) is 0.492. The molecule has 0 aliphatic carbocycles. The zero-order valence-electron chi connectivity index (χ0n) is 15.8. The fourth-order valence-electron chi connectivity index (χ4n) is 3.32. The van der Waals surface area contributed by atoms with Crippen LogP contribution in [0.1, 0.15) is 27.8 Å². The van der Waals surface area contributed by atoms with Crippen molar-refractivity contribution in [3.63, 3.8) is 0 Å². The van der Waals surface area contributed by atoms with Gasteiger partial charge in [0.25, 0.3) is 5.91 Å². The maximum atomic E-state index is 14.4. The van der Waals surface area contributed by atoms with Gasteiger partial charge >= 0.3 is 11.7 Å².